The van der Waals surface area contributed by atoms with Crippen LogP contribution < -0.4 is 16.0 Å². The third-order valence-corrected chi connectivity index (χ3v) is 3.02. The summed E-state index contributed by atoms with van der Waals surface area (Å²) in [5.41, 5.74) is 0.720. The van der Waals surface area contributed by atoms with Gasteiger partial charge in [0.15, 0.2) is 0 Å². The molecule has 0 aliphatic heterocycles. The molecule has 5 heteroatoms. The average molecular weight is 262 g/mol. The van der Waals surface area contributed by atoms with E-state index in [4.69, 9.17) is 0 Å². The summed E-state index contributed by atoms with van der Waals surface area (Å²) in [5, 5.41) is 8.91. The Balaban J connectivity index is 1.72. The van der Waals surface area contributed by atoms with Gasteiger partial charge in [0.05, 0.1) is 11.9 Å². The van der Waals surface area contributed by atoms with E-state index < -0.39 is 0 Å². The van der Waals surface area contributed by atoms with Gasteiger partial charge in [0.2, 0.25) is 0 Å². The van der Waals surface area contributed by atoms with E-state index in [1.165, 1.54) is 12.8 Å². The first-order chi connectivity index (χ1) is 9.28. The number of carbonyl (C=O) groups is 1. The molecule has 2 amide bonds. The maximum absolute atomic E-state index is 11.5. The van der Waals surface area contributed by atoms with Crippen LogP contribution in [0.5, 0.6) is 0 Å². The second-order valence-corrected chi connectivity index (χ2v) is 4.94. The molecular weight excluding hydrogens is 240 g/mol. The molecule has 3 N–H and O–H groups in total. The first-order valence-corrected chi connectivity index (χ1v) is 7.05. The average Bonchev–Trinajstić information content (AvgIpc) is 3.20. The van der Waals surface area contributed by atoms with Gasteiger partial charge in [-0.05, 0) is 31.4 Å². The van der Waals surface area contributed by atoms with Crippen LogP contribution in [0, 0.1) is 0 Å². The second-order valence-electron chi connectivity index (χ2n) is 4.94. The normalized spacial score (nSPS) is 13.9. The molecular formula is C14H22N4O. The van der Waals surface area contributed by atoms with Crippen molar-refractivity contribution in [2.75, 3.05) is 17.2 Å². The maximum Gasteiger partial charge on any atom is 0.319 e. The number of pyridine rings is 1. The maximum atomic E-state index is 11.5. The predicted octanol–water partition coefficient (Wildman–Crippen LogP) is 2.97. The van der Waals surface area contributed by atoms with Gasteiger partial charge >= 0.3 is 6.03 Å². The molecule has 1 heterocycles. The summed E-state index contributed by atoms with van der Waals surface area (Å²) >= 11 is 0. The smallest absolute Gasteiger partial charge is 0.319 e. The molecule has 0 radical (unpaired) electrons. The van der Waals surface area contributed by atoms with E-state index in [1.54, 1.807) is 6.20 Å². The largest absolute Gasteiger partial charge is 0.370 e. The molecule has 1 aliphatic carbocycles. The fourth-order valence-electron chi connectivity index (χ4n) is 1.74. The van der Waals surface area contributed by atoms with Crippen molar-refractivity contribution >= 4 is 17.5 Å². The van der Waals surface area contributed by atoms with E-state index >= 15 is 0 Å². The first kappa shape index (κ1) is 13.6. The number of amides is 2. The standard InChI is InChI=1S/C14H22N4O/c1-2-3-4-9-15-13-8-7-12(10-16-13)18-14(19)17-11-5-6-11/h7-8,10-11H,2-6,9H2,1H3,(H,15,16)(H2,17,18,19). The third-order valence-electron chi connectivity index (χ3n) is 3.02. The molecule has 2 rings (SSSR count). The van der Waals surface area contributed by atoms with Gasteiger partial charge in [0.25, 0.3) is 0 Å². The van der Waals surface area contributed by atoms with E-state index in [0.717, 1.165) is 37.3 Å². The Morgan fingerprint density at radius 2 is 2.21 bits per heavy atom. The summed E-state index contributed by atoms with van der Waals surface area (Å²) in [4.78, 5) is 15.8. The highest BCUT2D eigenvalue weighted by molar-refractivity contribution is 5.89. The zero-order chi connectivity index (χ0) is 13.5. The molecule has 0 atom stereocenters. The van der Waals surface area contributed by atoms with Crippen molar-refractivity contribution in [3.8, 4) is 0 Å². The molecule has 0 bridgehead atoms. The van der Waals surface area contributed by atoms with Crippen molar-refractivity contribution in [3.05, 3.63) is 18.3 Å². The van der Waals surface area contributed by atoms with Gasteiger partial charge in [-0.25, -0.2) is 9.78 Å². The number of hydrogen-bond donors (Lipinski definition) is 3. The highest BCUT2D eigenvalue weighted by Crippen LogP contribution is 2.18. The number of rotatable bonds is 7. The van der Waals surface area contributed by atoms with Crippen LogP contribution in [0.2, 0.25) is 0 Å². The lowest BCUT2D eigenvalue weighted by Crippen LogP contribution is -2.30. The van der Waals surface area contributed by atoms with Crippen molar-refractivity contribution in [1.82, 2.24) is 10.3 Å². The van der Waals surface area contributed by atoms with E-state index in [9.17, 15) is 4.79 Å². The molecule has 104 valence electrons. The van der Waals surface area contributed by atoms with Crippen LogP contribution in [-0.2, 0) is 0 Å². The molecule has 5 nitrogen and oxygen atoms in total. The van der Waals surface area contributed by atoms with Gasteiger partial charge in [-0.1, -0.05) is 19.8 Å². The third kappa shape index (κ3) is 5.16. The highest BCUT2D eigenvalue weighted by Gasteiger charge is 2.23. The molecule has 1 aliphatic rings. The number of urea groups is 1. The van der Waals surface area contributed by atoms with E-state index in [-0.39, 0.29) is 6.03 Å². The van der Waals surface area contributed by atoms with Crippen molar-refractivity contribution in [3.63, 3.8) is 0 Å². The van der Waals surface area contributed by atoms with Crippen LogP contribution in [0.4, 0.5) is 16.3 Å². The Bertz CT molecular complexity index is 400. The topological polar surface area (TPSA) is 66.0 Å². The van der Waals surface area contributed by atoms with Crippen LogP contribution in [0.15, 0.2) is 18.3 Å². The van der Waals surface area contributed by atoms with Gasteiger partial charge in [-0.15, -0.1) is 0 Å². The van der Waals surface area contributed by atoms with E-state index in [2.05, 4.69) is 27.9 Å². The van der Waals surface area contributed by atoms with Crippen molar-refractivity contribution in [1.29, 1.82) is 0 Å². The Labute approximate surface area is 114 Å². The summed E-state index contributed by atoms with van der Waals surface area (Å²) in [7, 11) is 0. The molecule has 1 saturated carbocycles. The summed E-state index contributed by atoms with van der Waals surface area (Å²) in [5.74, 6) is 0.851. The number of nitrogens with zero attached hydrogens (tertiary/aromatic N) is 1. The fraction of sp³-hybridized carbons (Fsp3) is 0.571. The summed E-state index contributed by atoms with van der Waals surface area (Å²) in [6, 6.07) is 3.97. The lowest BCUT2D eigenvalue weighted by molar-refractivity contribution is 0.251. The number of anilines is 2. The van der Waals surface area contributed by atoms with Gasteiger partial charge in [0, 0.05) is 12.6 Å². The number of nitrogens with one attached hydrogen (secondary N) is 3. The van der Waals surface area contributed by atoms with Crippen LogP contribution in [-0.4, -0.2) is 23.6 Å². The Morgan fingerprint density at radius 3 is 2.84 bits per heavy atom. The minimum atomic E-state index is -0.145. The van der Waals surface area contributed by atoms with Gasteiger partial charge in [-0.3, -0.25) is 0 Å². The quantitative estimate of drug-likeness (QED) is 0.662. The second kappa shape index (κ2) is 6.97. The molecule has 0 spiro atoms. The van der Waals surface area contributed by atoms with Crippen LogP contribution >= 0.6 is 0 Å². The monoisotopic (exact) mass is 262 g/mol. The zero-order valence-electron chi connectivity index (χ0n) is 11.4. The van der Waals surface area contributed by atoms with Crippen LogP contribution in [0.3, 0.4) is 0 Å². The van der Waals surface area contributed by atoms with Gasteiger partial charge in [0.1, 0.15) is 5.82 Å². The molecule has 0 aromatic carbocycles. The fourth-order valence-corrected chi connectivity index (χ4v) is 1.74. The number of unbranched alkanes of at least 4 members (excludes halogenated alkanes) is 2. The Hall–Kier alpha value is -1.78. The minimum Gasteiger partial charge on any atom is -0.370 e. The summed E-state index contributed by atoms with van der Waals surface area (Å²) in [6.45, 7) is 3.13. The molecule has 19 heavy (non-hydrogen) atoms. The van der Waals surface area contributed by atoms with Crippen LogP contribution in [0.25, 0.3) is 0 Å². The highest BCUT2D eigenvalue weighted by atomic mass is 16.2. The van der Waals surface area contributed by atoms with Crippen molar-refractivity contribution in [2.24, 2.45) is 0 Å². The molecule has 1 fully saturated rings. The minimum absolute atomic E-state index is 0.145. The van der Waals surface area contributed by atoms with Crippen molar-refractivity contribution in [2.45, 2.75) is 45.1 Å². The van der Waals surface area contributed by atoms with Gasteiger partial charge in [-0.2, -0.15) is 0 Å². The number of hydrogen-bond acceptors (Lipinski definition) is 3. The first-order valence-electron chi connectivity index (χ1n) is 7.05. The lowest BCUT2D eigenvalue weighted by atomic mass is 10.2. The van der Waals surface area contributed by atoms with Gasteiger partial charge < -0.3 is 16.0 Å². The molecule has 0 saturated heterocycles. The molecule has 0 unspecified atom stereocenters. The Morgan fingerprint density at radius 1 is 1.37 bits per heavy atom. The summed E-state index contributed by atoms with van der Waals surface area (Å²) < 4.78 is 0. The lowest BCUT2D eigenvalue weighted by Gasteiger charge is -2.08. The van der Waals surface area contributed by atoms with Crippen molar-refractivity contribution < 1.29 is 4.79 Å². The van der Waals surface area contributed by atoms with Crippen LogP contribution in [0.1, 0.15) is 39.0 Å². The SMILES string of the molecule is CCCCCNc1ccc(NC(=O)NC2CC2)cn1. The molecule has 1 aromatic heterocycles. The number of aromatic nitrogens is 1. The van der Waals surface area contributed by atoms with E-state index in [1.807, 2.05) is 12.1 Å². The summed E-state index contributed by atoms with van der Waals surface area (Å²) in [6.07, 6.45) is 7.46. The number of carbonyl (C=O) groups excluding carboxylic acids is 1. The Kier molecular flexibility index (Phi) is 5.01. The predicted molar refractivity (Wildman–Crippen MR) is 77.4 cm³/mol. The zero-order valence-corrected chi connectivity index (χ0v) is 11.4. The molecule has 1 aromatic rings. The van der Waals surface area contributed by atoms with E-state index in [0.29, 0.717) is 6.04 Å².